The second-order valence-corrected chi connectivity index (χ2v) is 3.26. The van der Waals surface area contributed by atoms with Crippen molar-refractivity contribution in [1.82, 2.24) is 0 Å². The van der Waals surface area contributed by atoms with Crippen LogP contribution in [0, 0.1) is 0 Å². The zero-order valence-electron chi connectivity index (χ0n) is 7.16. The number of rotatable bonds is 3. The standard InChI is InChI=1S/C8H16N2O2/c9-6-3-1-2-4-7(6)12-5-8(10)11/h6-7H,1-5,9H2,(H2,10,11). The van der Waals surface area contributed by atoms with E-state index in [1.54, 1.807) is 0 Å². The molecule has 1 aliphatic carbocycles. The zero-order valence-corrected chi connectivity index (χ0v) is 7.16. The Kier molecular flexibility index (Phi) is 3.49. The van der Waals surface area contributed by atoms with Crippen molar-refractivity contribution in [3.8, 4) is 0 Å². The molecule has 2 unspecified atom stereocenters. The molecule has 0 aromatic carbocycles. The fraction of sp³-hybridized carbons (Fsp3) is 0.875. The third-order valence-corrected chi connectivity index (χ3v) is 2.19. The van der Waals surface area contributed by atoms with Crippen molar-refractivity contribution >= 4 is 5.91 Å². The van der Waals surface area contributed by atoms with Gasteiger partial charge in [0.05, 0.1) is 6.10 Å². The number of hydrogen-bond donors (Lipinski definition) is 2. The summed E-state index contributed by atoms with van der Waals surface area (Å²) < 4.78 is 5.26. The van der Waals surface area contributed by atoms with Crippen molar-refractivity contribution in [2.24, 2.45) is 11.5 Å². The molecule has 0 aromatic rings. The smallest absolute Gasteiger partial charge is 0.243 e. The lowest BCUT2D eigenvalue weighted by Gasteiger charge is -2.27. The maximum atomic E-state index is 10.4. The highest BCUT2D eigenvalue weighted by atomic mass is 16.5. The average Bonchev–Trinajstić information content (AvgIpc) is 2.03. The number of hydrogen-bond acceptors (Lipinski definition) is 3. The van der Waals surface area contributed by atoms with E-state index in [1.165, 1.54) is 0 Å². The van der Waals surface area contributed by atoms with Crippen molar-refractivity contribution in [3.05, 3.63) is 0 Å². The Morgan fingerprint density at radius 3 is 2.67 bits per heavy atom. The molecule has 12 heavy (non-hydrogen) atoms. The summed E-state index contributed by atoms with van der Waals surface area (Å²) in [6, 6.07) is 0.0816. The molecule has 1 rings (SSSR count). The summed E-state index contributed by atoms with van der Waals surface area (Å²) in [5.74, 6) is -0.423. The predicted molar refractivity (Wildman–Crippen MR) is 45.4 cm³/mol. The Morgan fingerprint density at radius 1 is 1.42 bits per heavy atom. The van der Waals surface area contributed by atoms with Crippen LogP contribution in [0.15, 0.2) is 0 Å². The van der Waals surface area contributed by atoms with E-state index in [9.17, 15) is 4.79 Å². The van der Waals surface area contributed by atoms with Gasteiger partial charge in [0.2, 0.25) is 5.91 Å². The third-order valence-electron chi connectivity index (χ3n) is 2.19. The first-order valence-electron chi connectivity index (χ1n) is 4.35. The summed E-state index contributed by atoms with van der Waals surface area (Å²) in [5, 5.41) is 0. The minimum absolute atomic E-state index is 0.00162. The number of primary amides is 1. The van der Waals surface area contributed by atoms with Gasteiger partial charge in [-0.1, -0.05) is 12.8 Å². The van der Waals surface area contributed by atoms with Crippen LogP contribution in [-0.2, 0) is 9.53 Å². The van der Waals surface area contributed by atoms with Crippen molar-refractivity contribution in [3.63, 3.8) is 0 Å². The van der Waals surface area contributed by atoms with E-state index in [2.05, 4.69) is 0 Å². The van der Waals surface area contributed by atoms with Gasteiger partial charge in [0.25, 0.3) is 0 Å². The minimum Gasteiger partial charge on any atom is -0.368 e. The molecular formula is C8H16N2O2. The van der Waals surface area contributed by atoms with E-state index in [0.717, 1.165) is 25.7 Å². The molecule has 0 spiro atoms. The zero-order chi connectivity index (χ0) is 8.97. The molecular weight excluding hydrogens is 156 g/mol. The van der Waals surface area contributed by atoms with Gasteiger partial charge in [-0.05, 0) is 12.8 Å². The summed E-state index contributed by atoms with van der Waals surface area (Å²) in [4.78, 5) is 10.4. The number of amides is 1. The van der Waals surface area contributed by atoms with Crippen LogP contribution in [0.5, 0.6) is 0 Å². The Labute approximate surface area is 72.2 Å². The van der Waals surface area contributed by atoms with Crippen LogP contribution in [0.3, 0.4) is 0 Å². The molecule has 1 fully saturated rings. The van der Waals surface area contributed by atoms with Gasteiger partial charge in [-0.3, -0.25) is 4.79 Å². The van der Waals surface area contributed by atoms with Gasteiger partial charge in [-0.2, -0.15) is 0 Å². The topological polar surface area (TPSA) is 78.3 Å². The summed E-state index contributed by atoms with van der Waals surface area (Å²) in [6.07, 6.45) is 4.28. The molecule has 0 aliphatic heterocycles. The second kappa shape index (κ2) is 4.42. The van der Waals surface area contributed by atoms with Crippen molar-refractivity contribution in [2.75, 3.05) is 6.61 Å². The summed E-state index contributed by atoms with van der Waals surface area (Å²) in [6.45, 7) is -0.00162. The van der Waals surface area contributed by atoms with E-state index in [4.69, 9.17) is 16.2 Å². The molecule has 0 radical (unpaired) electrons. The normalized spacial score (nSPS) is 30.1. The van der Waals surface area contributed by atoms with Crippen LogP contribution in [0.1, 0.15) is 25.7 Å². The number of ether oxygens (including phenoxy) is 1. The SMILES string of the molecule is NC(=O)COC1CCCCC1N. The molecule has 1 saturated carbocycles. The van der Waals surface area contributed by atoms with Crippen LogP contribution in [0.4, 0.5) is 0 Å². The molecule has 4 nitrogen and oxygen atoms in total. The molecule has 1 aliphatic rings. The fourth-order valence-corrected chi connectivity index (χ4v) is 1.52. The van der Waals surface area contributed by atoms with Crippen molar-refractivity contribution in [2.45, 2.75) is 37.8 Å². The van der Waals surface area contributed by atoms with E-state index < -0.39 is 5.91 Å². The number of nitrogens with two attached hydrogens (primary N) is 2. The summed E-state index contributed by atoms with van der Waals surface area (Å²) in [5.41, 5.74) is 10.7. The summed E-state index contributed by atoms with van der Waals surface area (Å²) in [7, 11) is 0. The average molecular weight is 172 g/mol. The fourth-order valence-electron chi connectivity index (χ4n) is 1.52. The molecule has 2 atom stereocenters. The summed E-state index contributed by atoms with van der Waals surface area (Å²) >= 11 is 0. The van der Waals surface area contributed by atoms with E-state index in [0.29, 0.717) is 0 Å². The molecule has 0 aromatic heterocycles. The molecule has 1 amide bonds. The number of carbonyl (C=O) groups excluding carboxylic acids is 1. The molecule has 0 saturated heterocycles. The van der Waals surface area contributed by atoms with Crippen molar-refractivity contribution < 1.29 is 9.53 Å². The van der Waals surface area contributed by atoms with E-state index >= 15 is 0 Å². The lowest BCUT2D eigenvalue weighted by atomic mass is 9.93. The first-order valence-corrected chi connectivity index (χ1v) is 4.35. The quantitative estimate of drug-likeness (QED) is 0.616. The minimum atomic E-state index is -0.423. The second-order valence-electron chi connectivity index (χ2n) is 3.26. The molecule has 4 heteroatoms. The van der Waals surface area contributed by atoms with Gasteiger partial charge in [-0.25, -0.2) is 0 Å². The van der Waals surface area contributed by atoms with Crippen LogP contribution in [0.25, 0.3) is 0 Å². The Morgan fingerprint density at radius 2 is 2.08 bits per heavy atom. The Hall–Kier alpha value is -0.610. The predicted octanol–water partition coefficient (Wildman–Crippen LogP) is -0.242. The highest BCUT2D eigenvalue weighted by Gasteiger charge is 2.22. The maximum absolute atomic E-state index is 10.4. The monoisotopic (exact) mass is 172 g/mol. The van der Waals surface area contributed by atoms with Crippen LogP contribution in [0.2, 0.25) is 0 Å². The van der Waals surface area contributed by atoms with Gasteiger partial charge < -0.3 is 16.2 Å². The Balaban J connectivity index is 2.24. The van der Waals surface area contributed by atoms with Gasteiger partial charge >= 0.3 is 0 Å². The molecule has 0 bridgehead atoms. The van der Waals surface area contributed by atoms with Gasteiger partial charge in [0.15, 0.2) is 0 Å². The van der Waals surface area contributed by atoms with Gasteiger partial charge in [0, 0.05) is 6.04 Å². The van der Waals surface area contributed by atoms with Gasteiger partial charge in [0.1, 0.15) is 6.61 Å². The number of carbonyl (C=O) groups is 1. The van der Waals surface area contributed by atoms with Crippen LogP contribution in [-0.4, -0.2) is 24.7 Å². The first kappa shape index (κ1) is 9.48. The maximum Gasteiger partial charge on any atom is 0.243 e. The lowest BCUT2D eigenvalue weighted by Crippen LogP contribution is -2.40. The van der Waals surface area contributed by atoms with Gasteiger partial charge in [-0.15, -0.1) is 0 Å². The highest BCUT2D eigenvalue weighted by molar-refractivity contribution is 5.75. The largest absolute Gasteiger partial charge is 0.368 e. The Bertz CT molecular complexity index is 161. The van der Waals surface area contributed by atoms with Crippen LogP contribution < -0.4 is 11.5 Å². The van der Waals surface area contributed by atoms with Crippen molar-refractivity contribution in [1.29, 1.82) is 0 Å². The highest BCUT2D eigenvalue weighted by Crippen LogP contribution is 2.19. The molecule has 4 N–H and O–H groups in total. The van der Waals surface area contributed by atoms with Crippen LogP contribution >= 0.6 is 0 Å². The molecule has 0 heterocycles. The van der Waals surface area contributed by atoms with E-state index in [1.807, 2.05) is 0 Å². The lowest BCUT2D eigenvalue weighted by molar-refractivity contribution is -0.125. The first-order chi connectivity index (χ1) is 5.70. The van der Waals surface area contributed by atoms with E-state index in [-0.39, 0.29) is 18.8 Å². The molecule has 70 valence electrons. The third kappa shape index (κ3) is 2.79.